The van der Waals surface area contributed by atoms with E-state index in [-0.39, 0.29) is 5.91 Å². The van der Waals surface area contributed by atoms with Crippen LogP contribution in [-0.4, -0.2) is 20.4 Å². The fourth-order valence-corrected chi connectivity index (χ4v) is 2.52. The highest BCUT2D eigenvalue weighted by Gasteiger charge is 2.10. The van der Waals surface area contributed by atoms with E-state index in [9.17, 15) is 4.79 Å². The number of halogens is 1. The molecule has 0 radical (unpaired) electrons. The van der Waals surface area contributed by atoms with E-state index >= 15 is 0 Å². The monoisotopic (exact) mass is 330 g/mol. The molecular formula is C16H15ClN4O2. The molecule has 7 heteroatoms. The maximum Gasteiger partial charge on any atom is 0.244 e. The van der Waals surface area contributed by atoms with E-state index in [0.717, 1.165) is 16.9 Å². The summed E-state index contributed by atoms with van der Waals surface area (Å²) in [5.41, 5.74) is 3.05. The van der Waals surface area contributed by atoms with Crippen LogP contribution in [0.4, 0.5) is 0 Å². The minimum Gasteiger partial charge on any atom is -0.361 e. The molecule has 0 saturated heterocycles. The Balaban J connectivity index is 1.72. The number of fused-ring (bicyclic) bond motifs is 1. The minimum atomic E-state index is -0.230. The Bertz CT molecular complexity index is 875. The first kappa shape index (κ1) is 15.3. The topological polar surface area (TPSA) is 72.4 Å². The number of nitrogens with one attached hydrogen (secondary N) is 1. The number of nitrogens with zero attached hydrogens (tertiary/aromatic N) is 3. The van der Waals surface area contributed by atoms with E-state index in [1.807, 2.05) is 42.6 Å². The van der Waals surface area contributed by atoms with Crippen molar-refractivity contribution in [2.24, 2.45) is 0 Å². The van der Waals surface area contributed by atoms with E-state index in [2.05, 4.69) is 15.5 Å². The second-order valence-corrected chi connectivity index (χ2v) is 5.43. The minimum absolute atomic E-state index is 0.230. The lowest BCUT2D eigenvalue weighted by Gasteiger charge is -2.01. The van der Waals surface area contributed by atoms with Gasteiger partial charge in [-0.05, 0) is 32.1 Å². The first-order chi connectivity index (χ1) is 11.1. The summed E-state index contributed by atoms with van der Waals surface area (Å²) in [6.07, 6.45) is 4.92. The molecule has 0 aromatic carbocycles. The van der Waals surface area contributed by atoms with Crippen LogP contribution in [0.5, 0.6) is 0 Å². The Kier molecular flexibility index (Phi) is 4.16. The number of hydrogen-bond acceptors (Lipinski definition) is 4. The highest BCUT2D eigenvalue weighted by Crippen LogP contribution is 2.18. The lowest BCUT2D eigenvalue weighted by Crippen LogP contribution is -2.20. The number of carbonyl (C=O) groups excluding carboxylic acids is 1. The molecule has 0 aliphatic rings. The predicted molar refractivity (Wildman–Crippen MR) is 87.1 cm³/mol. The van der Waals surface area contributed by atoms with Crippen LogP contribution in [0.2, 0.25) is 5.15 Å². The van der Waals surface area contributed by atoms with Crippen molar-refractivity contribution in [2.45, 2.75) is 20.4 Å². The maximum absolute atomic E-state index is 12.0. The zero-order valence-electron chi connectivity index (χ0n) is 12.7. The van der Waals surface area contributed by atoms with Crippen LogP contribution in [0.1, 0.15) is 22.7 Å². The van der Waals surface area contributed by atoms with Gasteiger partial charge in [0.2, 0.25) is 5.91 Å². The van der Waals surface area contributed by atoms with E-state index in [1.165, 1.54) is 6.08 Å². The van der Waals surface area contributed by atoms with Gasteiger partial charge in [0, 0.05) is 24.4 Å². The van der Waals surface area contributed by atoms with Gasteiger partial charge in [0.15, 0.2) is 5.15 Å². The van der Waals surface area contributed by atoms with Crippen molar-refractivity contribution in [2.75, 3.05) is 0 Å². The Morgan fingerprint density at radius 2 is 2.26 bits per heavy atom. The van der Waals surface area contributed by atoms with E-state index in [0.29, 0.717) is 23.2 Å². The number of rotatable bonds is 4. The molecule has 3 heterocycles. The largest absolute Gasteiger partial charge is 0.361 e. The SMILES string of the molecule is Cc1noc(C)c1CNC(=O)C=Cc1c(Cl)nc2ccccn12. The van der Waals surface area contributed by atoms with Gasteiger partial charge in [0.1, 0.15) is 11.4 Å². The fraction of sp³-hybridized carbons (Fsp3) is 0.188. The van der Waals surface area contributed by atoms with Gasteiger partial charge >= 0.3 is 0 Å². The molecule has 118 valence electrons. The van der Waals surface area contributed by atoms with Gasteiger partial charge < -0.3 is 9.84 Å². The Morgan fingerprint density at radius 3 is 3.00 bits per heavy atom. The summed E-state index contributed by atoms with van der Waals surface area (Å²) in [4.78, 5) is 16.2. The van der Waals surface area contributed by atoms with Crippen LogP contribution in [0.25, 0.3) is 11.7 Å². The normalized spacial score (nSPS) is 11.4. The third-order valence-electron chi connectivity index (χ3n) is 3.54. The van der Waals surface area contributed by atoms with Gasteiger partial charge in [-0.15, -0.1) is 0 Å². The third kappa shape index (κ3) is 3.12. The van der Waals surface area contributed by atoms with Gasteiger partial charge in [-0.25, -0.2) is 4.98 Å². The average molecular weight is 331 g/mol. The van der Waals surface area contributed by atoms with E-state index in [4.69, 9.17) is 16.1 Å². The number of aryl methyl sites for hydroxylation is 2. The second kappa shape index (κ2) is 6.26. The van der Waals surface area contributed by atoms with Crippen molar-refractivity contribution >= 4 is 29.2 Å². The lowest BCUT2D eigenvalue weighted by molar-refractivity contribution is -0.116. The number of carbonyl (C=O) groups is 1. The molecule has 1 amide bonds. The molecule has 3 aromatic rings. The van der Waals surface area contributed by atoms with E-state index in [1.54, 1.807) is 6.08 Å². The standard InChI is InChI=1S/C16H15ClN4O2/c1-10-12(11(2)23-20-10)9-18-15(22)7-6-13-16(17)19-14-5-3-4-8-21(13)14/h3-8H,9H2,1-2H3,(H,18,22). The number of aromatic nitrogens is 3. The molecular weight excluding hydrogens is 316 g/mol. The van der Waals surface area contributed by atoms with Crippen molar-refractivity contribution in [1.82, 2.24) is 19.9 Å². The number of amides is 1. The molecule has 0 aliphatic carbocycles. The molecule has 0 bridgehead atoms. The smallest absolute Gasteiger partial charge is 0.244 e. The zero-order valence-corrected chi connectivity index (χ0v) is 13.5. The van der Waals surface area contributed by atoms with Crippen molar-refractivity contribution in [3.63, 3.8) is 0 Å². The van der Waals surface area contributed by atoms with Crippen molar-refractivity contribution in [3.05, 3.63) is 58.3 Å². The Labute approximate surface area is 137 Å². The molecule has 1 N–H and O–H groups in total. The maximum atomic E-state index is 12.0. The molecule has 0 fully saturated rings. The number of imidazole rings is 1. The summed E-state index contributed by atoms with van der Waals surface area (Å²) < 4.78 is 6.88. The molecule has 0 aliphatic heterocycles. The van der Waals surface area contributed by atoms with Crippen molar-refractivity contribution in [3.8, 4) is 0 Å². The molecule has 0 spiro atoms. The summed E-state index contributed by atoms with van der Waals surface area (Å²) in [7, 11) is 0. The van der Waals surface area contributed by atoms with Crippen LogP contribution in [0, 0.1) is 13.8 Å². The average Bonchev–Trinajstić information content (AvgIpc) is 3.02. The van der Waals surface area contributed by atoms with Crippen LogP contribution < -0.4 is 5.32 Å². The molecule has 3 aromatic heterocycles. The van der Waals surface area contributed by atoms with Crippen molar-refractivity contribution in [1.29, 1.82) is 0 Å². The molecule has 0 saturated carbocycles. The van der Waals surface area contributed by atoms with Gasteiger partial charge in [-0.1, -0.05) is 22.8 Å². The zero-order chi connectivity index (χ0) is 16.4. The number of pyridine rings is 1. The predicted octanol–water partition coefficient (Wildman–Crippen LogP) is 2.92. The van der Waals surface area contributed by atoms with Crippen LogP contribution >= 0.6 is 11.6 Å². The van der Waals surface area contributed by atoms with Crippen molar-refractivity contribution < 1.29 is 9.32 Å². The van der Waals surface area contributed by atoms with Gasteiger partial charge in [-0.3, -0.25) is 9.20 Å². The summed E-state index contributed by atoms with van der Waals surface area (Å²) in [5, 5.41) is 7.00. The third-order valence-corrected chi connectivity index (χ3v) is 3.81. The highest BCUT2D eigenvalue weighted by atomic mass is 35.5. The van der Waals surface area contributed by atoms with Crippen LogP contribution in [0.15, 0.2) is 35.0 Å². The molecule has 0 unspecified atom stereocenters. The Morgan fingerprint density at radius 1 is 1.43 bits per heavy atom. The molecule has 0 atom stereocenters. The quantitative estimate of drug-likeness (QED) is 0.746. The Hall–Kier alpha value is -2.60. The fourth-order valence-electron chi connectivity index (χ4n) is 2.28. The molecule has 3 rings (SSSR count). The second-order valence-electron chi connectivity index (χ2n) is 5.07. The summed E-state index contributed by atoms with van der Waals surface area (Å²) in [6, 6.07) is 5.60. The summed E-state index contributed by atoms with van der Waals surface area (Å²) in [5.74, 6) is 0.476. The number of hydrogen-bond donors (Lipinski definition) is 1. The van der Waals surface area contributed by atoms with Gasteiger partial charge in [0.25, 0.3) is 0 Å². The lowest BCUT2D eigenvalue weighted by atomic mass is 10.2. The van der Waals surface area contributed by atoms with E-state index < -0.39 is 0 Å². The van der Waals surface area contributed by atoms with Gasteiger partial charge in [0.05, 0.1) is 11.4 Å². The first-order valence-corrected chi connectivity index (χ1v) is 7.44. The van der Waals surface area contributed by atoms with Crippen LogP contribution in [0.3, 0.4) is 0 Å². The summed E-state index contributed by atoms with van der Waals surface area (Å²) >= 11 is 6.12. The van der Waals surface area contributed by atoms with Gasteiger partial charge in [-0.2, -0.15) is 0 Å². The summed E-state index contributed by atoms with van der Waals surface area (Å²) in [6.45, 7) is 4.02. The molecule has 23 heavy (non-hydrogen) atoms. The first-order valence-electron chi connectivity index (χ1n) is 7.06. The van der Waals surface area contributed by atoms with Crippen LogP contribution in [-0.2, 0) is 11.3 Å². The molecule has 6 nitrogen and oxygen atoms in total. The highest BCUT2D eigenvalue weighted by molar-refractivity contribution is 6.31.